The van der Waals surface area contributed by atoms with E-state index in [1.807, 2.05) is 25.7 Å². The number of hydrogen-bond donors (Lipinski definition) is 0. The van der Waals surface area contributed by atoms with Crippen LogP contribution in [0.15, 0.2) is 0 Å². The zero-order valence-electron chi connectivity index (χ0n) is 9.33. The summed E-state index contributed by atoms with van der Waals surface area (Å²) < 4.78 is 0. The summed E-state index contributed by atoms with van der Waals surface area (Å²) in [6.07, 6.45) is 3.26. The molecule has 0 fully saturated rings. The predicted molar refractivity (Wildman–Crippen MR) is 60.4 cm³/mol. The smallest absolute Gasteiger partial charge is 0.146 e. The summed E-state index contributed by atoms with van der Waals surface area (Å²) in [5.41, 5.74) is 0. The van der Waals surface area contributed by atoms with Gasteiger partial charge in [-0.15, -0.1) is 0 Å². The second-order valence-corrected chi connectivity index (χ2v) is 4.57. The largest absolute Gasteiger partial charge is 0.298 e. The van der Waals surface area contributed by atoms with Crippen molar-refractivity contribution in [3.05, 3.63) is 0 Å². The van der Waals surface area contributed by atoms with Crippen LogP contribution >= 0.6 is 11.8 Å². The van der Waals surface area contributed by atoms with Crippen LogP contribution < -0.4 is 0 Å². The summed E-state index contributed by atoms with van der Waals surface area (Å²) in [7, 11) is 2.02. The summed E-state index contributed by atoms with van der Waals surface area (Å²) in [4.78, 5) is 13.3. The Morgan fingerprint density at radius 1 is 1.46 bits per heavy atom. The minimum absolute atomic E-state index is 0.0526. The van der Waals surface area contributed by atoms with Gasteiger partial charge < -0.3 is 0 Å². The summed E-state index contributed by atoms with van der Waals surface area (Å²) in [6.45, 7) is 5.80. The number of carbonyl (C=O) groups is 1. The third kappa shape index (κ3) is 4.67. The number of hydrogen-bond acceptors (Lipinski definition) is 3. The van der Waals surface area contributed by atoms with Crippen LogP contribution in [0.5, 0.6) is 0 Å². The summed E-state index contributed by atoms with van der Waals surface area (Å²) >= 11 is 1.86. The molecule has 0 aromatic heterocycles. The molecule has 0 aromatic rings. The van der Waals surface area contributed by atoms with Crippen molar-refractivity contribution in [1.82, 2.24) is 4.90 Å². The minimum Gasteiger partial charge on any atom is -0.298 e. The van der Waals surface area contributed by atoms with Gasteiger partial charge in [0.15, 0.2) is 0 Å². The van der Waals surface area contributed by atoms with Gasteiger partial charge in [0.25, 0.3) is 0 Å². The molecule has 0 aliphatic carbocycles. The highest BCUT2D eigenvalue weighted by atomic mass is 32.2. The Balaban J connectivity index is 3.93. The first-order chi connectivity index (χ1) is 6.00. The Kier molecular flexibility index (Phi) is 6.43. The van der Waals surface area contributed by atoms with Crippen molar-refractivity contribution < 1.29 is 4.79 Å². The number of nitrogens with zero attached hydrogens (tertiary/aromatic N) is 1. The van der Waals surface area contributed by atoms with E-state index in [-0.39, 0.29) is 11.8 Å². The van der Waals surface area contributed by atoms with E-state index < -0.39 is 0 Å². The van der Waals surface area contributed by atoms with E-state index in [1.54, 1.807) is 6.92 Å². The fraction of sp³-hybridized carbons (Fsp3) is 0.900. The van der Waals surface area contributed by atoms with Crippen molar-refractivity contribution in [2.24, 2.45) is 0 Å². The average molecular weight is 203 g/mol. The first kappa shape index (κ1) is 13.0. The Hall–Kier alpha value is -0.0200. The molecule has 2 atom stereocenters. The molecule has 0 heterocycles. The first-order valence-electron chi connectivity index (χ1n) is 4.72. The Labute approximate surface area is 86.1 Å². The van der Waals surface area contributed by atoms with Crippen LogP contribution in [0, 0.1) is 0 Å². The lowest BCUT2D eigenvalue weighted by Crippen LogP contribution is -2.41. The molecule has 0 saturated heterocycles. The maximum absolute atomic E-state index is 11.1. The van der Waals surface area contributed by atoms with E-state index in [4.69, 9.17) is 0 Å². The second-order valence-electron chi connectivity index (χ2n) is 3.58. The molecular formula is C10H21NOS. The lowest BCUT2D eigenvalue weighted by Gasteiger charge is -2.29. The third-order valence-electron chi connectivity index (χ3n) is 2.63. The normalized spacial score (nSPS) is 15.8. The molecule has 0 N–H and O–H groups in total. The van der Waals surface area contributed by atoms with Crippen LogP contribution in [0.4, 0.5) is 0 Å². The number of rotatable bonds is 6. The van der Waals surface area contributed by atoms with E-state index in [1.165, 1.54) is 0 Å². The molecule has 0 aliphatic heterocycles. The van der Waals surface area contributed by atoms with Crippen molar-refractivity contribution >= 4 is 17.5 Å². The maximum atomic E-state index is 11.1. The molecule has 2 unspecified atom stereocenters. The number of thioether (sulfide) groups is 1. The second kappa shape index (κ2) is 6.44. The molecule has 78 valence electrons. The fourth-order valence-electron chi connectivity index (χ4n) is 1.16. The molecule has 0 amide bonds. The molecule has 0 bridgehead atoms. The molecule has 0 spiro atoms. The molecule has 13 heavy (non-hydrogen) atoms. The number of Topliss-reactive ketones (excluding diaryl/α,β-unsaturated/α-hetero) is 1. The van der Waals surface area contributed by atoms with Gasteiger partial charge in [-0.2, -0.15) is 11.8 Å². The van der Waals surface area contributed by atoms with Gasteiger partial charge in [0.1, 0.15) is 5.78 Å². The van der Waals surface area contributed by atoms with Gasteiger partial charge in [0, 0.05) is 6.04 Å². The third-order valence-corrected chi connectivity index (χ3v) is 3.28. The lowest BCUT2D eigenvalue weighted by atomic mass is 10.1. The average Bonchev–Trinajstić information content (AvgIpc) is 2.11. The van der Waals surface area contributed by atoms with Crippen molar-refractivity contribution in [2.75, 3.05) is 19.1 Å². The zero-order valence-corrected chi connectivity index (χ0v) is 10.1. The van der Waals surface area contributed by atoms with Crippen LogP contribution in [-0.4, -0.2) is 41.8 Å². The molecule has 0 radical (unpaired) electrons. The maximum Gasteiger partial charge on any atom is 0.146 e. The minimum atomic E-state index is 0.0526. The van der Waals surface area contributed by atoms with Gasteiger partial charge in [-0.3, -0.25) is 9.69 Å². The monoisotopic (exact) mass is 203 g/mol. The molecule has 0 aromatic carbocycles. The molecule has 0 saturated carbocycles. The fourth-order valence-corrected chi connectivity index (χ4v) is 1.74. The first-order valence-corrected chi connectivity index (χ1v) is 6.11. The Bertz CT molecular complexity index is 161. The topological polar surface area (TPSA) is 20.3 Å². The molecule has 0 aliphatic rings. The van der Waals surface area contributed by atoms with Gasteiger partial charge >= 0.3 is 0 Å². The van der Waals surface area contributed by atoms with Gasteiger partial charge in [-0.25, -0.2) is 0 Å². The van der Waals surface area contributed by atoms with E-state index in [9.17, 15) is 4.79 Å². The Morgan fingerprint density at radius 2 is 2.00 bits per heavy atom. The quantitative estimate of drug-likeness (QED) is 0.659. The summed E-state index contributed by atoms with van der Waals surface area (Å²) in [5, 5.41) is 0. The molecule has 3 heteroatoms. The number of carbonyl (C=O) groups excluding carboxylic acids is 1. The van der Waals surface area contributed by atoms with E-state index >= 15 is 0 Å². The standard InChI is InChI=1S/C10H21NOS/c1-8(6-7-13-5)11(4)9(2)10(3)12/h8-9H,6-7H2,1-5H3. The van der Waals surface area contributed by atoms with Crippen LogP contribution in [0.25, 0.3) is 0 Å². The van der Waals surface area contributed by atoms with Gasteiger partial charge in [-0.05, 0) is 46.2 Å². The van der Waals surface area contributed by atoms with Gasteiger partial charge in [-0.1, -0.05) is 0 Å². The lowest BCUT2D eigenvalue weighted by molar-refractivity contribution is -0.121. The van der Waals surface area contributed by atoms with Crippen molar-refractivity contribution in [2.45, 2.75) is 39.3 Å². The van der Waals surface area contributed by atoms with E-state index in [0.29, 0.717) is 6.04 Å². The number of ketones is 1. The SMILES string of the molecule is CSCCC(C)N(C)C(C)C(C)=O. The summed E-state index contributed by atoms with van der Waals surface area (Å²) in [6, 6.07) is 0.545. The highest BCUT2D eigenvalue weighted by Gasteiger charge is 2.18. The summed E-state index contributed by atoms with van der Waals surface area (Å²) in [5.74, 6) is 1.41. The van der Waals surface area contributed by atoms with Crippen LogP contribution in [0.2, 0.25) is 0 Å². The van der Waals surface area contributed by atoms with Crippen LogP contribution in [0.3, 0.4) is 0 Å². The highest BCUT2D eigenvalue weighted by Crippen LogP contribution is 2.09. The van der Waals surface area contributed by atoms with Crippen LogP contribution in [0.1, 0.15) is 27.2 Å². The number of likely N-dealkylation sites (N-methyl/N-ethyl adjacent to an activating group) is 1. The van der Waals surface area contributed by atoms with E-state index in [2.05, 4.69) is 18.1 Å². The van der Waals surface area contributed by atoms with Crippen molar-refractivity contribution in [3.8, 4) is 0 Å². The molecule has 0 rings (SSSR count). The van der Waals surface area contributed by atoms with Crippen molar-refractivity contribution in [3.63, 3.8) is 0 Å². The predicted octanol–water partition coefficient (Wildman–Crippen LogP) is 2.04. The van der Waals surface area contributed by atoms with Crippen LogP contribution in [-0.2, 0) is 4.79 Å². The van der Waals surface area contributed by atoms with E-state index in [0.717, 1.165) is 12.2 Å². The van der Waals surface area contributed by atoms with Crippen molar-refractivity contribution in [1.29, 1.82) is 0 Å². The highest BCUT2D eigenvalue weighted by molar-refractivity contribution is 7.98. The Morgan fingerprint density at radius 3 is 2.38 bits per heavy atom. The zero-order chi connectivity index (χ0) is 10.4. The molecular weight excluding hydrogens is 182 g/mol. The molecule has 2 nitrogen and oxygen atoms in total. The van der Waals surface area contributed by atoms with Gasteiger partial charge in [0.2, 0.25) is 0 Å². The van der Waals surface area contributed by atoms with Gasteiger partial charge in [0.05, 0.1) is 6.04 Å².